The van der Waals surface area contributed by atoms with Crippen molar-refractivity contribution in [3.05, 3.63) is 51.5 Å². The lowest BCUT2D eigenvalue weighted by molar-refractivity contribution is 0.111. The maximum Gasteiger partial charge on any atom is 0.257 e. The number of aromatic amines is 1. The fraction of sp³-hybridized carbons (Fsp3) is 0.176. The maximum absolute atomic E-state index is 13.6. The lowest BCUT2D eigenvalue weighted by Gasteiger charge is -2.13. The van der Waals surface area contributed by atoms with E-state index < -0.39 is 5.82 Å². The van der Waals surface area contributed by atoms with Crippen LogP contribution < -0.4 is 10.3 Å². The molecule has 0 aliphatic carbocycles. The number of hydrogen-bond donors (Lipinski definition) is 1. The number of aldehydes is 1. The minimum absolute atomic E-state index is 0.137. The normalized spacial score (nSPS) is 10.9. The number of halogens is 1. The van der Waals surface area contributed by atoms with Gasteiger partial charge in [0.05, 0.1) is 17.7 Å². The Morgan fingerprint density at radius 3 is 2.88 bits per heavy atom. The van der Waals surface area contributed by atoms with Crippen molar-refractivity contribution in [2.75, 3.05) is 20.3 Å². The van der Waals surface area contributed by atoms with E-state index in [1.807, 2.05) is 0 Å². The number of hydrogen-bond acceptors (Lipinski definition) is 5. The van der Waals surface area contributed by atoms with E-state index in [9.17, 15) is 14.0 Å². The number of fused-ring (bicyclic) bond motifs is 1. The predicted molar refractivity (Wildman–Crippen MR) is 90.6 cm³/mol. The summed E-state index contributed by atoms with van der Waals surface area (Å²) in [5.74, 6) is -0.164. The minimum Gasteiger partial charge on any atom is -0.490 e. The summed E-state index contributed by atoms with van der Waals surface area (Å²) >= 11 is 1.34. The van der Waals surface area contributed by atoms with Crippen molar-refractivity contribution in [2.45, 2.75) is 0 Å². The van der Waals surface area contributed by atoms with Crippen LogP contribution in [0.25, 0.3) is 21.2 Å². The van der Waals surface area contributed by atoms with Crippen LogP contribution in [-0.2, 0) is 4.74 Å². The molecule has 0 fully saturated rings. The second-order valence-corrected chi connectivity index (χ2v) is 5.92. The molecule has 0 aliphatic heterocycles. The molecule has 2 heterocycles. The molecule has 0 radical (unpaired) electrons. The number of H-pyrrole nitrogens is 1. The topological polar surface area (TPSA) is 68.4 Å². The molecule has 3 rings (SSSR count). The molecule has 0 unspecified atom stereocenters. The number of aromatic nitrogens is 1. The molecule has 3 aromatic rings. The summed E-state index contributed by atoms with van der Waals surface area (Å²) in [6, 6.07) is 5.77. The first-order chi connectivity index (χ1) is 11.7. The number of pyridine rings is 1. The third-order valence-electron chi connectivity index (χ3n) is 3.53. The Morgan fingerprint density at radius 1 is 1.29 bits per heavy atom. The number of carbonyl (C=O) groups excluding carboxylic acids is 1. The van der Waals surface area contributed by atoms with Gasteiger partial charge in [-0.25, -0.2) is 4.39 Å². The van der Waals surface area contributed by atoms with Crippen molar-refractivity contribution in [3.63, 3.8) is 0 Å². The number of carbonyl (C=O) groups is 1. The molecule has 0 amide bonds. The molecule has 2 aromatic heterocycles. The zero-order valence-electron chi connectivity index (χ0n) is 12.8. The Kier molecular flexibility index (Phi) is 4.73. The lowest BCUT2D eigenvalue weighted by Crippen LogP contribution is -2.11. The molecule has 7 heteroatoms. The zero-order chi connectivity index (χ0) is 17.1. The third kappa shape index (κ3) is 2.95. The van der Waals surface area contributed by atoms with Crippen LogP contribution in [0.2, 0.25) is 0 Å². The van der Waals surface area contributed by atoms with Crippen LogP contribution in [0.1, 0.15) is 10.5 Å². The van der Waals surface area contributed by atoms with Gasteiger partial charge in [0.25, 0.3) is 5.56 Å². The number of benzene rings is 1. The van der Waals surface area contributed by atoms with E-state index in [0.29, 0.717) is 34.1 Å². The van der Waals surface area contributed by atoms with Crippen molar-refractivity contribution < 1.29 is 18.7 Å². The van der Waals surface area contributed by atoms with Gasteiger partial charge in [0, 0.05) is 29.0 Å². The van der Waals surface area contributed by atoms with E-state index in [4.69, 9.17) is 9.47 Å². The molecule has 0 atom stereocenters. The first-order valence-electron chi connectivity index (χ1n) is 7.16. The van der Waals surface area contributed by atoms with Crippen molar-refractivity contribution >= 4 is 27.7 Å². The largest absolute Gasteiger partial charge is 0.490 e. The van der Waals surface area contributed by atoms with E-state index >= 15 is 0 Å². The van der Waals surface area contributed by atoms with Crippen LogP contribution in [0.15, 0.2) is 34.4 Å². The van der Waals surface area contributed by atoms with Crippen molar-refractivity contribution in [2.24, 2.45) is 0 Å². The van der Waals surface area contributed by atoms with Gasteiger partial charge in [-0.1, -0.05) is 0 Å². The van der Waals surface area contributed by atoms with E-state index in [1.54, 1.807) is 11.4 Å². The van der Waals surface area contributed by atoms with Crippen LogP contribution in [0.5, 0.6) is 5.75 Å². The average molecular weight is 347 g/mol. The van der Waals surface area contributed by atoms with E-state index in [2.05, 4.69) is 4.98 Å². The summed E-state index contributed by atoms with van der Waals surface area (Å²) in [5, 5.41) is 2.25. The molecule has 1 aromatic carbocycles. The van der Waals surface area contributed by atoms with E-state index in [1.165, 1.54) is 36.6 Å². The van der Waals surface area contributed by atoms with E-state index in [0.717, 1.165) is 0 Å². The number of ether oxygens (including phenoxy) is 2. The van der Waals surface area contributed by atoms with Crippen LogP contribution in [0.4, 0.5) is 4.39 Å². The number of thiophene rings is 1. The molecular weight excluding hydrogens is 333 g/mol. The summed E-state index contributed by atoms with van der Waals surface area (Å²) in [6.07, 6.45) is 0.582. The second kappa shape index (κ2) is 6.94. The van der Waals surface area contributed by atoms with Gasteiger partial charge < -0.3 is 14.5 Å². The van der Waals surface area contributed by atoms with Gasteiger partial charge in [-0.3, -0.25) is 9.59 Å². The SMILES string of the molecule is COCCOc1cc(F)ccc1-c1c(C=O)[nH]c(=O)c2ccsc12. The molecule has 1 N–H and O–H groups in total. The summed E-state index contributed by atoms with van der Waals surface area (Å²) in [7, 11) is 1.54. The predicted octanol–water partition coefficient (Wildman–Crippen LogP) is 3.23. The van der Waals surface area contributed by atoms with Gasteiger partial charge in [-0.05, 0) is 23.6 Å². The highest BCUT2D eigenvalue weighted by Crippen LogP contribution is 2.38. The molecular formula is C17H14FNO4S. The Balaban J connectivity index is 2.23. The molecule has 0 saturated carbocycles. The summed E-state index contributed by atoms with van der Waals surface area (Å²) in [4.78, 5) is 26.1. The molecule has 0 spiro atoms. The fourth-order valence-corrected chi connectivity index (χ4v) is 3.43. The fourth-order valence-electron chi connectivity index (χ4n) is 2.47. The van der Waals surface area contributed by atoms with Crippen molar-refractivity contribution in [1.82, 2.24) is 4.98 Å². The number of nitrogens with one attached hydrogen (secondary N) is 1. The second-order valence-electron chi connectivity index (χ2n) is 5.01. The number of rotatable bonds is 6. The smallest absolute Gasteiger partial charge is 0.257 e. The molecule has 5 nitrogen and oxygen atoms in total. The molecule has 124 valence electrons. The Bertz CT molecular complexity index is 947. The highest BCUT2D eigenvalue weighted by atomic mass is 32.1. The molecule has 24 heavy (non-hydrogen) atoms. The standard InChI is InChI=1S/C17H14FNO4S/c1-22-5-6-23-14-8-10(18)2-3-11(14)15-13(9-20)19-17(21)12-4-7-24-16(12)15/h2-4,7-9H,5-6H2,1H3,(H,19,21). The van der Waals surface area contributed by atoms with Gasteiger partial charge in [-0.15, -0.1) is 11.3 Å². The zero-order valence-corrected chi connectivity index (χ0v) is 13.6. The lowest BCUT2D eigenvalue weighted by atomic mass is 10.0. The first kappa shape index (κ1) is 16.4. The molecule has 0 saturated heterocycles. The summed E-state index contributed by atoms with van der Waals surface area (Å²) < 4.78 is 24.8. The monoisotopic (exact) mass is 347 g/mol. The quantitative estimate of drug-likeness (QED) is 0.549. The highest BCUT2D eigenvalue weighted by molar-refractivity contribution is 7.17. The molecule has 0 bridgehead atoms. The summed E-state index contributed by atoms with van der Waals surface area (Å²) in [6.45, 7) is 0.580. The van der Waals surface area contributed by atoms with Gasteiger partial charge >= 0.3 is 0 Å². The van der Waals surface area contributed by atoms with E-state index in [-0.39, 0.29) is 23.6 Å². The highest BCUT2D eigenvalue weighted by Gasteiger charge is 2.18. The van der Waals surface area contributed by atoms with Crippen LogP contribution in [0, 0.1) is 5.82 Å². The Labute approximate surface area is 140 Å². The average Bonchev–Trinajstić information content (AvgIpc) is 3.06. The minimum atomic E-state index is -0.453. The Hall–Kier alpha value is -2.51. The van der Waals surface area contributed by atoms with Gasteiger partial charge in [0.15, 0.2) is 6.29 Å². The first-order valence-corrected chi connectivity index (χ1v) is 8.04. The van der Waals surface area contributed by atoms with Gasteiger partial charge in [0.2, 0.25) is 0 Å². The third-order valence-corrected chi connectivity index (χ3v) is 4.46. The summed E-state index contributed by atoms with van der Waals surface area (Å²) in [5.41, 5.74) is 0.875. The van der Waals surface area contributed by atoms with Crippen molar-refractivity contribution in [3.8, 4) is 16.9 Å². The molecule has 0 aliphatic rings. The maximum atomic E-state index is 13.6. The Morgan fingerprint density at radius 2 is 2.12 bits per heavy atom. The van der Waals surface area contributed by atoms with Crippen LogP contribution >= 0.6 is 11.3 Å². The van der Waals surface area contributed by atoms with Gasteiger partial charge in [-0.2, -0.15) is 0 Å². The van der Waals surface area contributed by atoms with Gasteiger partial charge in [0.1, 0.15) is 18.2 Å². The van der Waals surface area contributed by atoms with Crippen molar-refractivity contribution in [1.29, 1.82) is 0 Å². The van der Waals surface area contributed by atoms with Crippen LogP contribution in [-0.4, -0.2) is 31.6 Å². The van der Waals surface area contributed by atoms with Crippen LogP contribution in [0.3, 0.4) is 0 Å². The number of methoxy groups -OCH3 is 1.